The molecular weight excluding hydrogens is 318 g/mol. The fourth-order valence-corrected chi connectivity index (χ4v) is 2.79. The molecule has 0 unspecified atom stereocenters. The van der Waals surface area contributed by atoms with Crippen LogP contribution in [-0.4, -0.2) is 20.2 Å². The number of nitrogens with zero attached hydrogens (tertiary/aromatic N) is 4. The molecule has 0 radical (unpaired) electrons. The van der Waals surface area contributed by atoms with Gasteiger partial charge in [-0.3, -0.25) is 0 Å². The van der Waals surface area contributed by atoms with E-state index in [9.17, 15) is 8.78 Å². The molecule has 1 aromatic heterocycles. The standard InChI is InChI=1S/C12H11BrF2N4/c13-8-5-10(15)11(6-9(8)14)19-12(16-17-18-19)7-3-1-2-4-7/h5-7H,1-4H2. The summed E-state index contributed by atoms with van der Waals surface area (Å²) in [5.74, 6) is -0.261. The van der Waals surface area contributed by atoms with Gasteiger partial charge in [-0.15, -0.1) is 5.10 Å². The molecule has 100 valence electrons. The van der Waals surface area contributed by atoms with Gasteiger partial charge in [0.05, 0.1) is 4.47 Å². The van der Waals surface area contributed by atoms with Crippen LogP contribution in [-0.2, 0) is 0 Å². The van der Waals surface area contributed by atoms with Crippen LogP contribution >= 0.6 is 15.9 Å². The first-order valence-corrected chi connectivity index (χ1v) is 6.89. The zero-order valence-corrected chi connectivity index (χ0v) is 11.6. The van der Waals surface area contributed by atoms with Gasteiger partial charge < -0.3 is 0 Å². The first kappa shape index (κ1) is 12.7. The average Bonchev–Trinajstić information content (AvgIpc) is 3.03. The van der Waals surface area contributed by atoms with Crippen molar-refractivity contribution >= 4 is 15.9 Å². The lowest BCUT2D eigenvalue weighted by atomic mass is 10.1. The minimum Gasteiger partial charge on any atom is -0.206 e. The van der Waals surface area contributed by atoms with E-state index in [0.29, 0.717) is 5.82 Å². The van der Waals surface area contributed by atoms with Gasteiger partial charge in [-0.1, -0.05) is 12.8 Å². The van der Waals surface area contributed by atoms with Gasteiger partial charge >= 0.3 is 0 Å². The minimum atomic E-state index is -0.556. The van der Waals surface area contributed by atoms with E-state index in [1.165, 1.54) is 4.68 Å². The highest BCUT2D eigenvalue weighted by Gasteiger charge is 2.25. The quantitative estimate of drug-likeness (QED) is 0.794. The molecular formula is C12H11BrF2N4. The molecule has 0 aliphatic heterocycles. The van der Waals surface area contributed by atoms with Gasteiger partial charge in [-0.25, -0.2) is 8.78 Å². The van der Waals surface area contributed by atoms with Crippen molar-refractivity contribution in [3.63, 3.8) is 0 Å². The Morgan fingerprint density at radius 3 is 2.63 bits per heavy atom. The van der Waals surface area contributed by atoms with Gasteiger partial charge in [0.15, 0.2) is 5.82 Å². The molecule has 7 heteroatoms. The van der Waals surface area contributed by atoms with E-state index < -0.39 is 11.6 Å². The van der Waals surface area contributed by atoms with Crippen molar-refractivity contribution in [2.24, 2.45) is 0 Å². The molecule has 0 saturated heterocycles. The van der Waals surface area contributed by atoms with Crippen molar-refractivity contribution in [1.82, 2.24) is 20.2 Å². The fraction of sp³-hybridized carbons (Fsp3) is 0.417. The van der Waals surface area contributed by atoms with E-state index in [1.54, 1.807) is 0 Å². The maximum atomic E-state index is 13.9. The molecule has 1 aliphatic rings. The molecule has 2 aromatic rings. The van der Waals surface area contributed by atoms with E-state index in [4.69, 9.17) is 0 Å². The van der Waals surface area contributed by atoms with Crippen LogP contribution in [0, 0.1) is 11.6 Å². The number of aromatic nitrogens is 4. The predicted octanol–water partition coefficient (Wildman–Crippen LogP) is 3.36. The van der Waals surface area contributed by atoms with Crippen LogP contribution < -0.4 is 0 Å². The Kier molecular flexibility index (Phi) is 3.30. The summed E-state index contributed by atoms with van der Waals surface area (Å²) in [5, 5.41) is 11.4. The molecule has 0 spiro atoms. The first-order valence-electron chi connectivity index (χ1n) is 6.10. The lowest BCUT2D eigenvalue weighted by Crippen LogP contribution is -2.09. The largest absolute Gasteiger partial charge is 0.206 e. The summed E-state index contributed by atoms with van der Waals surface area (Å²) in [6.07, 6.45) is 4.21. The van der Waals surface area contributed by atoms with Crippen LogP contribution in [0.15, 0.2) is 16.6 Å². The van der Waals surface area contributed by atoms with Crippen molar-refractivity contribution < 1.29 is 8.78 Å². The molecule has 1 fully saturated rings. The number of tetrazole rings is 1. The van der Waals surface area contributed by atoms with Crippen molar-refractivity contribution in [2.75, 3.05) is 0 Å². The minimum absolute atomic E-state index is 0.0487. The number of rotatable bonds is 2. The molecule has 1 aromatic carbocycles. The van der Waals surface area contributed by atoms with Gasteiger partial charge in [-0.05, 0) is 45.3 Å². The molecule has 0 N–H and O–H groups in total. The second-order valence-corrected chi connectivity index (χ2v) is 5.50. The summed E-state index contributed by atoms with van der Waals surface area (Å²) in [6.45, 7) is 0. The fourth-order valence-electron chi connectivity index (χ4n) is 2.48. The van der Waals surface area contributed by atoms with Gasteiger partial charge in [0.1, 0.15) is 17.3 Å². The second-order valence-electron chi connectivity index (χ2n) is 4.65. The second kappa shape index (κ2) is 4.96. The van der Waals surface area contributed by atoms with Crippen molar-refractivity contribution in [3.8, 4) is 5.69 Å². The molecule has 19 heavy (non-hydrogen) atoms. The molecule has 0 amide bonds. The van der Waals surface area contributed by atoms with Crippen molar-refractivity contribution in [3.05, 3.63) is 34.1 Å². The highest BCUT2D eigenvalue weighted by atomic mass is 79.9. The Morgan fingerprint density at radius 2 is 1.89 bits per heavy atom. The van der Waals surface area contributed by atoms with Gasteiger partial charge in [-0.2, -0.15) is 4.68 Å². The Labute approximate surface area is 116 Å². The van der Waals surface area contributed by atoms with Gasteiger partial charge in [0.2, 0.25) is 0 Å². The third-order valence-electron chi connectivity index (χ3n) is 3.43. The molecule has 3 rings (SSSR count). The maximum absolute atomic E-state index is 13.9. The van der Waals surface area contributed by atoms with Crippen LogP contribution in [0.3, 0.4) is 0 Å². The van der Waals surface area contributed by atoms with Gasteiger partial charge in [0, 0.05) is 12.0 Å². The number of benzene rings is 1. The summed E-state index contributed by atoms with van der Waals surface area (Å²) < 4.78 is 28.9. The van der Waals surface area contributed by atoms with Crippen LogP contribution in [0.5, 0.6) is 0 Å². The number of hydrogen-bond acceptors (Lipinski definition) is 3. The van der Waals surface area contributed by atoms with Crippen LogP contribution in [0.1, 0.15) is 37.4 Å². The summed E-state index contributed by atoms with van der Waals surface area (Å²) >= 11 is 2.95. The SMILES string of the molecule is Fc1cc(-n2nnnc2C2CCCC2)c(F)cc1Br. The summed E-state index contributed by atoms with van der Waals surface area (Å²) in [6, 6.07) is 2.19. The molecule has 0 bridgehead atoms. The first-order chi connectivity index (χ1) is 9.16. The smallest absolute Gasteiger partial charge is 0.159 e. The molecule has 4 nitrogen and oxygen atoms in total. The summed E-state index contributed by atoms with van der Waals surface area (Å²) in [4.78, 5) is 0. The number of hydrogen-bond donors (Lipinski definition) is 0. The van der Waals surface area contributed by atoms with Crippen molar-refractivity contribution in [1.29, 1.82) is 0 Å². The maximum Gasteiger partial charge on any atom is 0.159 e. The normalized spacial score (nSPS) is 16.2. The van der Waals surface area contributed by atoms with E-state index in [1.807, 2.05) is 0 Å². The topological polar surface area (TPSA) is 43.6 Å². The Hall–Kier alpha value is -1.37. The Morgan fingerprint density at radius 1 is 1.16 bits per heavy atom. The molecule has 1 saturated carbocycles. The molecule has 1 aliphatic carbocycles. The molecule has 1 heterocycles. The Bertz CT molecular complexity index is 608. The lowest BCUT2D eigenvalue weighted by molar-refractivity contribution is 0.566. The number of halogens is 3. The van der Waals surface area contributed by atoms with E-state index in [2.05, 4.69) is 31.5 Å². The third kappa shape index (κ3) is 2.27. The highest BCUT2D eigenvalue weighted by molar-refractivity contribution is 9.10. The zero-order chi connectivity index (χ0) is 13.4. The van der Waals surface area contributed by atoms with E-state index >= 15 is 0 Å². The summed E-state index contributed by atoms with van der Waals surface area (Å²) in [5.41, 5.74) is 0.0487. The lowest BCUT2D eigenvalue weighted by Gasteiger charge is -2.10. The zero-order valence-electron chi connectivity index (χ0n) is 9.98. The predicted molar refractivity (Wildman–Crippen MR) is 68.0 cm³/mol. The molecule has 0 atom stereocenters. The van der Waals surface area contributed by atoms with Crippen LogP contribution in [0.25, 0.3) is 5.69 Å². The van der Waals surface area contributed by atoms with Crippen molar-refractivity contribution in [2.45, 2.75) is 31.6 Å². The van der Waals surface area contributed by atoms with Gasteiger partial charge in [0.25, 0.3) is 0 Å². The van der Waals surface area contributed by atoms with Crippen LogP contribution in [0.4, 0.5) is 8.78 Å². The van der Waals surface area contributed by atoms with E-state index in [0.717, 1.165) is 37.8 Å². The third-order valence-corrected chi connectivity index (χ3v) is 4.04. The monoisotopic (exact) mass is 328 g/mol. The Balaban J connectivity index is 2.07. The summed E-state index contributed by atoms with van der Waals surface area (Å²) in [7, 11) is 0. The van der Waals surface area contributed by atoms with Crippen LogP contribution in [0.2, 0.25) is 0 Å². The average molecular weight is 329 g/mol. The van der Waals surface area contributed by atoms with E-state index in [-0.39, 0.29) is 16.1 Å². The highest BCUT2D eigenvalue weighted by Crippen LogP contribution is 2.34.